The van der Waals surface area contributed by atoms with E-state index in [1.54, 1.807) is 12.1 Å². The zero-order valence-corrected chi connectivity index (χ0v) is 16.0. The van der Waals surface area contributed by atoms with Gasteiger partial charge in [0.1, 0.15) is 5.75 Å². The van der Waals surface area contributed by atoms with E-state index < -0.39 is 28.8 Å². The summed E-state index contributed by atoms with van der Waals surface area (Å²) in [5.74, 6) is -0.499. The highest BCUT2D eigenvalue weighted by Gasteiger charge is 2.34. The lowest BCUT2D eigenvalue weighted by Gasteiger charge is -2.24. The number of alkyl halides is 3. The lowest BCUT2D eigenvalue weighted by Crippen LogP contribution is -2.32. The highest BCUT2D eigenvalue weighted by atomic mass is 35.5. The SMILES string of the molecule is COc1ccc(NC(=O)C[C@H]2Sc3ccc(C(F)(F)F)cc3NC2=O)cc1Cl. The standard InChI is InChI=1S/C18H14ClF3N2O3S/c1-27-13-4-3-10(7-11(13)19)23-16(25)8-15-17(26)24-12-6-9(18(20,21)22)2-5-14(12)28-15/h2-7,15H,8H2,1H3,(H,23,25)(H,24,26)/t15-/m1/s1. The van der Waals surface area contributed by atoms with Crippen molar-refractivity contribution in [3.8, 4) is 5.75 Å². The van der Waals surface area contributed by atoms with Gasteiger partial charge in [0, 0.05) is 17.0 Å². The van der Waals surface area contributed by atoms with Gasteiger partial charge in [0.15, 0.2) is 0 Å². The number of ether oxygens (including phenoxy) is 1. The van der Waals surface area contributed by atoms with E-state index in [9.17, 15) is 22.8 Å². The molecule has 0 fully saturated rings. The van der Waals surface area contributed by atoms with E-state index in [0.717, 1.165) is 23.9 Å². The van der Waals surface area contributed by atoms with E-state index in [2.05, 4.69) is 10.6 Å². The first kappa shape index (κ1) is 20.3. The van der Waals surface area contributed by atoms with Crippen LogP contribution in [0.3, 0.4) is 0 Å². The predicted molar refractivity (Wildman–Crippen MR) is 101 cm³/mol. The Kier molecular flexibility index (Phi) is 5.76. The van der Waals surface area contributed by atoms with Gasteiger partial charge in [-0.05, 0) is 36.4 Å². The van der Waals surface area contributed by atoms with Crippen molar-refractivity contribution in [3.05, 3.63) is 47.0 Å². The van der Waals surface area contributed by atoms with Gasteiger partial charge in [0.25, 0.3) is 0 Å². The van der Waals surface area contributed by atoms with E-state index >= 15 is 0 Å². The maximum atomic E-state index is 12.8. The van der Waals surface area contributed by atoms with Crippen molar-refractivity contribution >= 4 is 46.6 Å². The zero-order valence-electron chi connectivity index (χ0n) is 14.4. The van der Waals surface area contributed by atoms with Crippen LogP contribution in [0.2, 0.25) is 5.02 Å². The van der Waals surface area contributed by atoms with Crippen molar-refractivity contribution in [3.63, 3.8) is 0 Å². The van der Waals surface area contributed by atoms with Crippen LogP contribution < -0.4 is 15.4 Å². The first-order valence-corrected chi connectivity index (χ1v) is 9.25. The Hall–Kier alpha value is -2.39. The van der Waals surface area contributed by atoms with Crippen LogP contribution in [0.4, 0.5) is 24.5 Å². The van der Waals surface area contributed by atoms with E-state index in [0.29, 0.717) is 21.4 Å². The average Bonchev–Trinajstić information content (AvgIpc) is 2.61. The molecular formula is C18H14ClF3N2O3S. The number of carbonyl (C=O) groups is 2. The minimum absolute atomic E-state index is 0.0865. The second-order valence-electron chi connectivity index (χ2n) is 5.91. The molecule has 5 nitrogen and oxygen atoms in total. The summed E-state index contributed by atoms with van der Waals surface area (Å²) in [6.07, 6.45) is -4.65. The summed E-state index contributed by atoms with van der Waals surface area (Å²) in [6, 6.07) is 7.82. The molecule has 0 radical (unpaired) electrons. The molecule has 0 spiro atoms. The number of amides is 2. The highest BCUT2D eigenvalue weighted by molar-refractivity contribution is 8.01. The molecule has 0 aromatic heterocycles. The van der Waals surface area contributed by atoms with Gasteiger partial charge >= 0.3 is 6.18 Å². The Morgan fingerprint density at radius 3 is 2.68 bits per heavy atom. The van der Waals surface area contributed by atoms with Gasteiger partial charge in [-0.3, -0.25) is 9.59 Å². The van der Waals surface area contributed by atoms with E-state index in [-0.39, 0.29) is 12.1 Å². The number of nitrogens with one attached hydrogen (secondary N) is 2. The van der Waals surface area contributed by atoms with Crippen molar-refractivity contribution in [2.24, 2.45) is 0 Å². The monoisotopic (exact) mass is 430 g/mol. The van der Waals surface area contributed by atoms with Crippen LogP contribution in [-0.2, 0) is 15.8 Å². The number of thioether (sulfide) groups is 1. The van der Waals surface area contributed by atoms with Crippen molar-refractivity contribution < 1.29 is 27.5 Å². The molecule has 0 aliphatic carbocycles. The molecule has 2 amide bonds. The lowest BCUT2D eigenvalue weighted by atomic mass is 10.1. The first-order valence-electron chi connectivity index (χ1n) is 7.99. The summed E-state index contributed by atoms with van der Waals surface area (Å²) < 4.78 is 43.4. The Balaban J connectivity index is 1.68. The number of hydrogen-bond donors (Lipinski definition) is 2. The smallest absolute Gasteiger partial charge is 0.416 e. The molecule has 1 aliphatic rings. The summed E-state index contributed by atoms with van der Waals surface area (Å²) in [5, 5.41) is 4.63. The molecule has 0 saturated carbocycles. The number of fused-ring (bicyclic) bond motifs is 1. The number of anilines is 2. The van der Waals surface area contributed by atoms with Crippen LogP contribution >= 0.6 is 23.4 Å². The quantitative estimate of drug-likeness (QED) is 0.730. The number of benzene rings is 2. The second kappa shape index (κ2) is 7.92. The van der Waals surface area contributed by atoms with Crippen LogP contribution in [0.5, 0.6) is 5.75 Å². The van der Waals surface area contributed by atoms with Crippen LogP contribution in [0, 0.1) is 0 Å². The third-order valence-corrected chi connectivity index (χ3v) is 5.50. The maximum absolute atomic E-state index is 12.8. The summed E-state index contributed by atoms with van der Waals surface area (Å²) in [5.41, 5.74) is -0.324. The van der Waals surface area contributed by atoms with Gasteiger partial charge in [-0.25, -0.2) is 0 Å². The minimum atomic E-state index is -4.50. The molecule has 0 unspecified atom stereocenters. The van der Waals surface area contributed by atoms with Crippen molar-refractivity contribution in [2.75, 3.05) is 17.7 Å². The lowest BCUT2D eigenvalue weighted by molar-refractivity contribution is -0.137. The van der Waals surface area contributed by atoms with E-state index in [4.69, 9.17) is 16.3 Å². The molecule has 1 heterocycles. The van der Waals surface area contributed by atoms with Gasteiger partial charge < -0.3 is 15.4 Å². The number of halogens is 4. The molecule has 2 N–H and O–H groups in total. The Morgan fingerprint density at radius 2 is 2.04 bits per heavy atom. The van der Waals surface area contributed by atoms with Gasteiger partial charge in [-0.2, -0.15) is 13.2 Å². The average molecular weight is 431 g/mol. The van der Waals surface area contributed by atoms with Crippen molar-refractivity contribution in [1.29, 1.82) is 0 Å². The largest absolute Gasteiger partial charge is 0.495 e. The van der Waals surface area contributed by atoms with Gasteiger partial charge in [-0.15, -0.1) is 11.8 Å². The van der Waals surface area contributed by atoms with Crippen molar-refractivity contribution in [2.45, 2.75) is 22.7 Å². The normalized spacial score (nSPS) is 16.2. The third kappa shape index (κ3) is 4.53. The second-order valence-corrected chi connectivity index (χ2v) is 7.56. The molecule has 3 rings (SSSR count). The van der Waals surface area contributed by atoms with Gasteiger partial charge in [0.05, 0.1) is 28.6 Å². The highest BCUT2D eigenvalue weighted by Crippen LogP contribution is 2.40. The van der Waals surface area contributed by atoms with Gasteiger partial charge in [-0.1, -0.05) is 11.6 Å². The molecule has 0 bridgehead atoms. The third-order valence-electron chi connectivity index (χ3n) is 3.93. The molecule has 2 aromatic rings. The fraction of sp³-hybridized carbons (Fsp3) is 0.222. The molecule has 10 heteroatoms. The topological polar surface area (TPSA) is 67.4 Å². The Morgan fingerprint density at radius 1 is 1.29 bits per heavy atom. The maximum Gasteiger partial charge on any atom is 0.416 e. The molecule has 1 aliphatic heterocycles. The van der Waals surface area contributed by atoms with E-state index in [1.165, 1.54) is 19.2 Å². The Bertz CT molecular complexity index is 937. The number of methoxy groups -OCH3 is 1. The fourth-order valence-electron chi connectivity index (χ4n) is 2.59. The molecule has 0 saturated heterocycles. The van der Waals surface area contributed by atoms with Crippen LogP contribution in [0.25, 0.3) is 0 Å². The van der Waals surface area contributed by atoms with Crippen LogP contribution in [0.1, 0.15) is 12.0 Å². The summed E-state index contributed by atoms with van der Waals surface area (Å²) >= 11 is 7.05. The van der Waals surface area contributed by atoms with E-state index in [1.807, 2.05) is 0 Å². The molecule has 148 valence electrons. The van der Waals surface area contributed by atoms with Gasteiger partial charge in [0.2, 0.25) is 11.8 Å². The van der Waals surface area contributed by atoms with Crippen LogP contribution in [-0.4, -0.2) is 24.2 Å². The number of hydrogen-bond acceptors (Lipinski definition) is 4. The molecule has 28 heavy (non-hydrogen) atoms. The van der Waals surface area contributed by atoms with Crippen LogP contribution in [0.15, 0.2) is 41.3 Å². The summed E-state index contributed by atoms with van der Waals surface area (Å²) in [6.45, 7) is 0. The zero-order chi connectivity index (χ0) is 20.5. The summed E-state index contributed by atoms with van der Waals surface area (Å²) in [4.78, 5) is 24.9. The fourth-order valence-corrected chi connectivity index (χ4v) is 3.93. The minimum Gasteiger partial charge on any atom is -0.495 e. The molecular weight excluding hydrogens is 417 g/mol. The summed E-state index contributed by atoms with van der Waals surface area (Å²) in [7, 11) is 1.47. The van der Waals surface area contributed by atoms with Crippen molar-refractivity contribution in [1.82, 2.24) is 0 Å². The first-order chi connectivity index (χ1) is 13.2. The Labute approximate surface area is 167 Å². The number of rotatable bonds is 4. The predicted octanol–water partition coefficient (Wildman–Crippen LogP) is 4.81. The molecule has 1 atom stereocenters. The number of carbonyl (C=O) groups excluding carboxylic acids is 2. The molecule has 2 aromatic carbocycles.